The zero-order valence-corrected chi connectivity index (χ0v) is 12.9. The minimum atomic E-state index is -1.20. The lowest BCUT2D eigenvalue weighted by Gasteiger charge is -2.51. The topological polar surface area (TPSA) is 111 Å². The Bertz CT molecular complexity index is 646. The van der Waals surface area contributed by atoms with E-state index < -0.39 is 29.3 Å². The third-order valence-electron chi connectivity index (χ3n) is 3.56. The van der Waals surface area contributed by atoms with E-state index in [0.29, 0.717) is 0 Å². The predicted molar refractivity (Wildman–Crippen MR) is 82.2 cm³/mol. The first-order valence-electron chi connectivity index (χ1n) is 6.54. The Morgan fingerprint density at radius 3 is 2.91 bits per heavy atom. The van der Waals surface area contributed by atoms with Gasteiger partial charge in [-0.15, -0.1) is 23.1 Å². The molecule has 3 rings (SSSR count). The molecule has 3 atom stereocenters. The van der Waals surface area contributed by atoms with Crippen LogP contribution in [0, 0.1) is 5.41 Å². The molecule has 0 spiro atoms. The molecular formula is C13H13N3O4S2. The van der Waals surface area contributed by atoms with Gasteiger partial charge < -0.3 is 20.7 Å². The van der Waals surface area contributed by atoms with Crippen LogP contribution in [0.3, 0.4) is 0 Å². The van der Waals surface area contributed by atoms with Crippen molar-refractivity contribution >= 4 is 46.6 Å². The molecule has 0 radical (unpaired) electrons. The van der Waals surface area contributed by atoms with Crippen LogP contribution in [0.2, 0.25) is 0 Å². The number of thioether (sulfide) groups is 1. The van der Waals surface area contributed by atoms with Crippen molar-refractivity contribution < 1.29 is 19.5 Å². The molecule has 22 heavy (non-hydrogen) atoms. The molecule has 2 aliphatic rings. The zero-order chi connectivity index (χ0) is 15.9. The number of aliphatic carboxylic acids is 1. The van der Waals surface area contributed by atoms with Crippen molar-refractivity contribution in [3.8, 4) is 0 Å². The molecule has 2 fully saturated rings. The van der Waals surface area contributed by atoms with Gasteiger partial charge in [-0.3, -0.25) is 9.59 Å². The molecule has 0 aliphatic carbocycles. The molecule has 116 valence electrons. The number of carboxylic acids is 1. The molecular weight excluding hydrogens is 326 g/mol. The van der Waals surface area contributed by atoms with Crippen molar-refractivity contribution in [1.82, 2.24) is 10.2 Å². The molecule has 0 bridgehead atoms. The van der Waals surface area contributed by atoms with Gasteiger partial charge in [0.05, 0.1) is 12.1 Å². The number of β-lactam (4-membered cyclic amide) rings is 1. The highest BCUT2D eigenvalue weighted by Crippen LogP contribution is 2.36. The molecule has 9 heteroatoms. The molecule has 0 aromatic carbocycles. The van der Waals surface area contributed by atoms with E-state index in [9.17, 15) is 14.4 Å². The Morgan fingerprint density at radius 2 is 2.27 bits per heavy atom. The number of amides is 2. The van der Waals surface area contributed by atoms with Crippen molar-refractivity contribution in [3.05, 3.63) is 22.4 Å². The molecule has 1 unspecified atom stereocenters. The van der Waals surface area contributed by atoms with E-state index in [0.717, 1.165) is 4.88 Å². The maximum Gasteiger partial charge on any atom is 0.332 e. The van der Waals surface area contributed by atoms with Crippen LogP contribution >= 0.6 is 23.1 Å². The first-order valence-corrected chi connectivity index (χ1v) is 8.47. The zero-order valence-electron chi connectivity index (χ0n) is 11.3. The van der Waals surface area contributed by atoms with Crippen LogP contribution < -0.4 is 5.32 Å². The Hall–Kier alpha value is -1.87. The first kappa shape index (κ1) is 15.0. The van der Waals surface area contributed by atoms with E-state index in [2.05, 4.69) is 5.32 Å². The highest BCUT2D eigenvalue weighted by Gasteiger charge is 2.56. The second-order valence-electron chi connectivity index (χ2n) is 5.01. The number of nitrogens with one attached hydrogen (secondary N) is 2. The number of carbonyl (C=O) groups is 3. The lowest BCUT2D eigenvalue weighted by atomic mass is 10.00. The van der Waals surface area contributed by atoms with E-state index in [1.165, 1.54) is 28.0 Å². The summed E-state index contributed by atoms with van der Waals surface area (Å²) in [4.78, 5) is 37.4. The number of hydrogen-bond donors (Lipinski definition) is 3. The highest BCUT2D eigenvalue weighted by atomic mass is 32.2. The van der Waals surface area contributed by atoms with Crippen LogP contribution in [-0.2, 0) is 20.8 Å². The maximum absolute atomic E-state index is 12.1. The summed E-state index contributed by atoms with van der Waals surface area (Å²) in [7, 11) is 0. The van der Waals surface area contributed by atoms with Gasteiger partial charge in [0.25, 0.3) is 0 Å². The molecule has 2 saturated heterocycles. The standard InChI is InChI=1S/C13H13N3O4S2/c14-7-5-22-12-9(11(18)16(12)10(7)13(19)20)15-8(17)4-6-2-1-3-21-6/h1-3,9-10,12,14H,4-5H2,(H,15,17)(H,19,20)/t9-,10?,12+/m1/s1. The summed E-state index contributed by atoms with van der Waals surface area (Å²) >= 11 is 2.77. The van der Waals surface area contributed by atoms with Crippen LogP contribution in [-0.4, -0.2) is 56.7 Å². The second-order valence-corrected chi connectivity index (χ2v) is 7.15. The molecule has 3 N–H and O–H groups in total. The monoisotopic (exact) mass is 339 g/mol. The SMILES string of the molecule is N=C1CS[C@H]2[C@H](NC(=O)Cc3cccs3)C(=O)N2C1C(=O)O. The molecule has 0 saturated carbocycles. The normalized spacial score (nSPS) is 27.1. The molecule has 2 aliphatic heterocycles. The lowest BCUT2D eigenvalue weighted by molar-refractivity contribution is -0.158. The van der Waals surface area contributed by atoms with Gasteiger partial charge in [0.1, 0.15) is 11.4 Å². The number of carbonyl (C=O) groups excluding carboxylic acids is 2. The van der Waals surface area contributed by atoms with Gasteiger partial charge in [-0.1, -0.05) is 6.07 Å². The van der Waals surface area contributed by atoms with Gasteiger partial charge in [-0.05, 0) is 11.4 Å². The molecule has 7 nitrogen and oxygen atoms in total. The van der Waals surface area contributed by atoms with E-state index in [-0.39, 0.29) is 23.8 Å². The summed E-state index contributed by atoms with van der Waals surface area (Å²) in [5.74, 6) is -1.64. The fourth-order valence-electron chi connectivity index (χ4n) is 2.56. The summed E-state index contributed by atoms with van der Waals surface area (Å²) in [5, 5.41) is 21.0. The van der Waals surface area contributed by atoms with Gasteiger partial charge in [0, 0.05) is 10.6 Å². The smallest absolute Gasteiger partial charge is 0.332 e. The van der Waals surface area contributed by atoms with Crippen molar-refractivity contribution in [1.29, 1.82) is 5.41 Å². The Labute approximate surface area is 134 Å². The van der Waals surface area contributed by atoms with Crippen LogP contribution in [0.25, 0.3) is 0 Å². The summed E-state index contributed by atoms with van der Waals surface area (Å²) in [6.45, 7) is 0. The van der Waals surface area contributed by atoms with Crippen LogP contribution in [0.4, 0.5) is 0 Å². The molecule has 1 aromatic rings. The fourth-order valence-corrected chi connectivity index (χ4v) is 4.53. The fraction of sp³-hybridized carbons (Fsp3) is 0.385. The van der Waals surface area contributed by atoms with Crippen molar-refractivity contribution in [2.24, 2.45) is 0 Å². The Morgan fingerprint density at radius 1 is 1.50 bits per heavy atom. The van der Waals surface area contributed by atoms with Gasteiger partial charge in [-0.2, -0.15) is 0 Å². The summed E-state index contributed by atoms with van der Waals surface area (Å²) < 4.78 is 0. The number of thiophene rings is 1. The van der Waals surface area contributed by atoms with Crippen LogP contribution in [0.5, 0.6) is 0 Å². The molecule has 3 heterocycles. The maximum atomic E-state index is 12.1. The molecule has 1 aromatic heterocycles. The quantitative estimate of drug-likeness (QED) is 0.677. The number of fused-ring (bicyclic) bond motifs is 1. The average molecular weight is 339 g/mol. The highest BCUT2D eigenvalue weighted by molar-refractivity contribution is 8.00. The lowest BCUT2D eigenvalue weighted by Crippen LogP contribution is -2.76. The van der Waals surface area contributed by atoms with Crippen LogP contribution in [0.15, 0.2) is 17.5 Å². The van der Waals surface area contributed by atoms with Crippen molar-refractivity contribution in [2.45, 2.75) is 23.9 Å². The first-order chi connectivity index (χ1) is 10.5. The third kappa shape index (κ3) is 2.50. The number of rotatable bonds is 4. The number of nitrogens with zero attached hydrogens (tertiary/aromatic N) is 1. The van der Waals surface area contributed by atoms with E-state index >= 15 is 0 Å². The number of carboxylic acid groups (broad SMARTS) is 1. The Balaban J connectivity index is 1.65. The van der Waals surface area contributed by atoms with Gasteiger partial charge in [0.15, 0.2) is 6.04 Å². The van der Waals surface area contributed by atoms with E-state index in [4.69, 9.17) is 10.5 Å². The van der Waals surface area contributed by atoms with E-state index in [1.54, 1.807) is 0 Å². The van der Waals surface area contributed by atoms with E-state index in [1.807, 2.05) is 17.5 Å². The minimum absolute atomic E-state index is 0.00506. The van der Waals surface area contributed by atoms with Crippen LogP contribution in [0.1, 0.15) is 4.88 Å². The summed E-state index contributed by atoms with van der Waals surface area (Å²) in [6, 6.07) is 1.79. The second kappa shape index (κ2) is 5.73. The van der Waals surface area contributed by atoms with Gasteiger partial charge >= 0.3 is 5.97 Å². The van der Waals surface area contributed by atoms with Gasteiger partial charge in [0.2, 0.25) is 11.8 Å². The predicted octanol–water partition coefficient (Wildman–Crippen LogP) is 0.163. The Kier molecular flexibility index (Phi) is 3.92. The summed E-state index contributed by atoms with van der Waals surface area (Å²) in [6.07, 6.45) is 0.205. The average Bonchev–Trinajstić information content (AvgIpc) is 2.97. The number of hydrogen-bond acceptors (Lipinski definition) is 6. The van der Waals surface area contributed by atoms with Gasteiger partial charge in [-0.25, -0.2) is 4.79 Å². The van der Waals surface area contributed by atoms with Crippen molar-refractivity contribution in [3.63, 3.8) is 0 Å². The van der Waals surface area contributed by atoms with Crippen molar-refractivity contribution in [2.75, 3.05) is 5.75 Å². The molecule has 2 amide bonds. The minimum Gasteiger partial charge on any atom is -0.479 e. The third-order valence-corrected chi connectivity index (χ3v) is 5.76. The summed E-state index contributed by atoms with van der Waals surface area (Å²) in [5.41, 5.74) is 0.00506. The largest absolute Gasteiger partial charge is 0.479 e.